The van der Waals surface area contributed by atoms with Crippen LogP contribution >= 0.6 is 11.8 Å². The van der Waals surface area contributed by atoms with Crippen molar-refractivity contribution in [3.63, 3.8) is 0 Å². The Morgan fingerprint density at radius 3 is 2.79 bits per heavy atom. The summed E-state index contributed by atoms with van der Waals surface area (Å²) in [5.41, 5.74) is 0.0165. The number of nitrogens with one attached hydrogen (secondary N) is 2. The summed E-state index contributed by atoms with van der Waals surface area (Å²) in [6.07, 6.45) is 3.40. The number of carbonyl (C=O) groups is 1. The second kappa shape index (κ2) is 6.75. The molecule has 0 spiro atoms. The van der Waals surface area contributed by atoms with Crippen LogP contribution in [-0.2, 0) is 0 Å². The van der Waals surface area contributed by atoms with Crippen LogP contribution in [0.1, 0.15) is 31.1 Å². The molecule has 0 unspecified atom stereocenters. The molecule has 0 aliphatic carbocycles. The predicted molar refractivity (Wildman–Crippen MR) is 78.3 cm³/mol. The van der Waals surface area contributed by atoms with Crippen molar-refractivity contribution >= 4 is 23.5 Å². The molecule has 1 rings (SSSR count). The molecule has 0 saturated heterocycles. The summed E-state index contributed by atoms with van der Waals surface area (Å²) < 4.78 is 13.9. The van der Waals surface area contributed by atoms with E-state index in [0.717, 1.165) is 0 Å². The minimum Gasteiger partial charge on any atom is -0.368 e. The lowest BCUT2D eigenvalue weighted by Crippen LogP contribution is -2.36. The van der Waals surface area contributed by atoms with Gasteiger partial charge in [-0.3, -0.25) is 4.79 Å². The fourth-order valence-corrected chi connectivity index (χ4v) is 1.59. The molecule has 0 atom stereocenters. The van der Waals surface area contributed by atoms with Crippen LogP contribution in [0.3, 0.4) is 0 Å². The van der Waals surface area contributed by atoms with Gasteiger partial charge in [-0.05, 0) is 33.1 Å². The molecule has 4 nitrogen and oxygen atoms in total. The van der Waals surface area contributed by atoms with Crippen molar-refractivity contribution < 1.29 is 9.18 Å². The Kier molecular flexibility index (Phi) is 5.60. The van der Waals surface area contributed by atoms with Crippen molar-refractivity contribution in [1.82, 2.24) is 10.3 Å². The zero-order chi connectivity index (χ0) is 14.5. The number of rotatable bonds is 6. The first kappa shape index (κ1) is 15.8. The molecule has 0 bridgehead atoms. The Balaban J connectivity index is 2.80. The SMILES string of the molecule is CCNc1nccc(C(=O)NCC(C)(C)SC)c1F. The number of nitrogens with zero attached hydrogens (tertiary/aromatic N) is 1. The molecular formula is C13H20FN3OS. The number of anilines is 1. The largest absolute Gasteiger partial charge is 0.368 e. The molecule has 0 fully saturated rings. The minimum atomic E-state index is -0.608. The van der Waals surface area contributed by atoms with Crippen LogP contribution in [0.15, 0.2) is 12.3 Å². The molecule has 0 aliphatic heterocycles. The van der Waals surface area contributed by atoms with Gasteiger partial charge in [0.25, 0.3) is 5.91 Å². The van der Waals surface area contributed by atoms with Crippen LogP contribution in [0.4, 0.5) is 10.2 Å². The summed E-state index contributed by atoms with van der Waals surface area (Å²) in [4.78, 5) is 15.8. The van der Waals surface area contributed by atoms with Crippen molar-refractivity contribution in [2.24, 2.45) is 0 Å². The summed E-state index contributed by atoms with van der Waals surface area (Å²) in [6, 6.07) is 1.39. The van der Waals surface area contributed by atoms with E-state index in [-0.39, 0.29) is 16.1 Å². The van der Waals surface area contributed by atoms with Crippen molar-refractivity contribution in [3.8, 4) is 0 Å². The number of halogens is 1. The van der Waals surface area contributed by atoms with Crippen molar-refractivity contribution in [1.29, 1.82) is 0 Å². The second-order valence-electron chi connectivity index (χ2n) is 4.70. The van der Waals surface area contributed by atoms with Crippen LogP contribution in [0.2, 0.25) is 0 Å². The summed E-state index contributed by atoms with van der Waals surface area (Å²) in [5.74, 6) is -0.913. The highest BCUT2D eigenvalue weighted by Gasteiger charge is 2.20. The first-order chi connectivity index (χ1) is 8.91. The van der Waals surface area contributed by atoms with Crippen LogP contribution < -0.4 is 10.6 Å². The first-order valence-electron chi connectivity index (χ1n) is 6.13. The van der Waals surface area contributed by atoms with Gasteiger partial charge in [-0.1, -0.05) is 0 Å². The number of amides is 1. The molecule has 2 N–H and O–H groups in total. The topological polar surface area (TPSA) is 54.0 Å². The second-order valence-corrected chi connectivity index (χ2v) is 6.21. The first-order valence-corrected chi connectivity index (χ1v) is 7.35. The Bertz CT molecular complexity index is 452. The molecule has 0 aliphatic rings. The molecule has 1 heterocycles. The van der Waals surface area contributed by atoms with Gasteiger partial charge in [0.05, 0.1) is 5.56 Å². The van der Waals surface area contributed by atoms with E-state index >= 15 is 0 Å². The molecule has 1 aromatic rings. The van der Waals surface area contributed by atoms with E-state index in [9.17, 15) is 9.18 Å². The lowest BCUT2D eigenvalue weighted by molar-refractivity contribution is 0.0946. The fraction of sp³-hybridized carbons (Fsp3) is 0.538. The standard InChI is InChI=1S/C13H20FN3OS/c1-5-15-11-10(14)9(6-7-16-11)12(18)17-8-13(2,3)19-4/h6-7H,5,8H2,1-4H3,(H,15,16)(H,17,18). The van der Waals surface area contributed by atoms with Crippen molar-refractivity contribution in [2.45, 2.75) is 25.5 Å². The monoisotopic (exact) mass is 285 g/mol. The number of carbonyl (C=O) groups excluding carboxylic acids is 1. The highest BCUT2D eigenvalue weighted by molar-refractivity contribution is 7.99. The maximum Gasteiger partial charge on any atom is 0.254 e. The summed E-state index contributed by atoms with van der Waals surface area (Å²) >= 11 is 1.65. The van der Waals surface area contributed by atoms with E-state index in [2.05, 4.69) is 15.6 Å². The van der Waals surface area contributed by atoms with E-state index in [1.165, 1.54) is 12.3 Å². The summed E-state index contributed by atoms with van der Waals surface area (Å²) in [5, 5.41) is 5.53. The molecule has 106 valence electrons. The van der Waals surface area contributed by atoms with Gasteiger partial charge in [-0.2, -0.15) is 11.8 Å². The van der Waals surface area contributed by atoms with Gasteiger partial charge in [-0.15, -0.1) is 0 Å². The number of hydrogen-bond donors (Lipinski definition) is 2. The average Bonchev–Trinajstić information content (AvgIpc) is 2.39. The van der Waals surface area contributed by atoms with E-state index in [1.54, 1.807) is 11.8 Å². The molecular weight excluding hydrogens is 265 g/mol. The van der Waals surface area contributed by atoms with Gasteiger partial charge in [0.1, 0.15) is 0 Å². The Labute approximate surface area is 117 Å². The molecule has 1 aromatic heterocycles. The third-order valence-corrected chi connectivity index (χ3v) is 3.95. The average molecular weight is 285 g/mol. The third kappa shape index (κ3) is 4.38. The number of aromatic nitrogens is 1. The fourth-order valence-electron chi connectivity index (χ4n) is 1.37. The quantitative estimate of drug-likeness (QED) is 0.843. The molecule has 0 radical (unpaired) electrons. The van der Waals surface area contributed by atoms with Crippen molar-refractivity contribution in [3.05, 3.63) is 23.6 Å². The van der Waals surface area contributed by atoms with Crippen LogP contribution in [0.25, 0.3) is 0 Å². The Morgan fingerprint density at radius 1 is 1.53 bits per heavy atom. The molecule has 0 saturated carbocycles. The highest BCUT2D eigenvalue weighted by Crippen LogP contribution is 2.20. The van der Waals surface area contributed by atoms with Gasteiger partial charge in [-0.25, -0.2) is 9.37 Å². The predicted octanol–water partition coefficient (Wildman–Crippen LogP) is 2.52. The maximum absolute atomic E-state index is 14.0. The maximum atomic E-state index is 14.0. The number of thioether (sulfide) groups is 1. The molecule has 6 heteroatoms. The normalized spacial score (nSPS) is 11.2. The highest BCUT2D eigenvalue weighted by atomic mass is 32.2. The van der Waals surface area contributed by atoms with Gasteiger partial charge in [0, 0.05) is 24.0 Å². The molecule has 1 amide bonds. The number of hydrogen-bond acceptors (Lipinski definition) is 4. The lowest BCUT2D eigenvalue weighted by atomic mass is 10.2. The van der Waals surface area contributed by atoms with Crippen molar-refractivity contribution in [2.75, 3.05) is 24.7 Å². The van der Waals surface area contributed by atoms with Gasteiger partial charge < -0.3 is 10.6 Å². The smallest absolute Gasteiger partial charge is 0.254 e. The van der Waals surface area contributed by atoms with Crippen LogP contribution in [0.5, 0.6) is 0 Å². The third-order valence-electron chi connectivity index (χ3n) is 2.71. The Hall–Kier alpha value is -1.30. The van der Waals surface area contributed by atoms with E-state index in [0.29, 0.717) is 13.1 Å². The summed E-state index contributed by atoms with van der Waals surface area (Å²) in [6.45, 7) is 6.91. The zero-order valence-electron chi connectivity index (χ0n) is 11.7. The minimum absolute atomic E-state index is 0.0165. The lowest BCUT2D eigenvalue weighted by Gasteiger charge is -2.22. The van der Waals surface area contributed by atoms with E-state index in [1.807, 2.05) is 27.0 Å². The molecule has 0 aromatic carbocycles. The summed E-state index contributed by atoms with van der Waals surface area (Å²) in [7, 11) is 0. The van der Waals surface area contributed by atoms with Gasteiger partial charge in [0.2, 0.25) is 0 Å². The molecule has 19 heavy (non-hydrogen) atoms. The van der Waals surface area contributed by atoms with Gasteiger partial charge >= 0.3 is 0 Å². The zero-order valence-corrected chi connectivity index (χ0v) is 12.5. The van der Waals surface area contributed by atoms with Crippen LogP contribution in [0, 0.1) is 5.82 Å². The van der Waals surface area contributed by atoms with Crippen LogP contribution in [-0.4, -0.2) is 35.0 Å². The van der Waals surface area contributed by atoms with E-state index in [4.69, 9.17) is 0 Å². The Morgan fingerprint density at radius 2 is 2.21 bits per heavy atom. The number of pyridine rings is 1. The van der Waals surface area contributed by atoms with E-state index < -0.39 is 11.7 Å². The van der Waals surface area contributed by atoms with Gasteiger partial charge in [0.15, 0.2) is 11.6 Å².